The summed E-state index contributed by atoms with van der Waals surface area (Å²) < 4.78 is 2.09. The van der Waals surface area contributed by atoms with Gasteiger partial charge >= 0.3 is 0 Å². The third-order valence-corrected chi connectivity index (χ3v) is 4.22. The van der Waals surface area contributed by atoms with Gasteiger partial charge < -0.3 is 0 Å². The standard InChI is InChI=1S/C16H12OS/c1-3-11-5-7-14-13(9-11)16(17)12-6-4-10(2)8-15(12)18-14/h3-9H,1H2,2H3. The molecule has 0 aliphatic rings. The van der Waals surface area contributed by atoms with E-state index in [1.165, 1.54) is 5.56 Å². The van der Waals surface area contributed by atoms with Gasteiger partial charge in [-0.2, -0.15) is 0 Å². The highest BCUT2D eigenvalue weighted by atomic mass is 32.1. The third-order valence-electron chi connectivity index (χ3n) is 3.09. The quantitative estimate of drug-likeness (QED) is 0.588. The van der Waals surface area contributed by atoms with Crippen LogP contribution in [0.15, 0.2) is 47.8 Å². The lowest BCUT2D eigenvalue weighted by Gasteiger charge is -2.03. The zero-order valence-electron chi connectivity index (χ0n) is 10.1. The smallest absolute Gasteiger partial charge is 0.195 e. The molecule has 1 heterocycles. The fraction of sp³-hybridized carbons (Fsp3) is 0.0625. The van der Waals surface area contributed by atoms with Gasteiger partial charge in [0.15, 0.2) is 5.43 Å². The minimum Gasteiger partial charge on any atom is -0.289 e. The van der Waals surface area contributed by atoms with E-state index in [-0.39, 0.29) is 5.43 Å². The maximum atomic E-state index is 12.4. The van der Waals surface area contributed by atoms with Crippen LogP contribution >= 0.6 is 11.3 Å². The summed E-state index contributed by atoms with van der Waals surface area (Å²) in [6, 6.07) is 11.9. The number of hydrogen-bond donors (Lipinski definition) is 0. The molecule has 1 nitrogen and oxygen atoms in total. The second-order valence-corrected chi connectivity index (χ2v) is 5.47. The van der Waals surface area contributed by atoms with Gasteiger partial charge in [0, 0.05) is 20.2 Å². The second kappa shape index (κ2) is 4.07. The lowest BCUT2D eigenvalue weighted by Crippen LogP contribution is -2.01. The minimum atomic E-state index is 0.113. The predicted molar refractivity (Wildman–Crippen MR) is 80.4 cm³/mol. The number of aryl methyl sites for hydroxylation is 1. The molecule has 18 heavy (non-hydrogen) atoms. The van der Waals surface area contributed by atoms with Gasteiger partial charge in [-0.25, -0.2) is 0 Å². The van der Waals surface area contributed by atoms with Crippen LogP contribution in [-0.4, -0.2) is 0 Å². The van der Waals surface area contributed by atoms with Crippen LogP contribution in [-0.2, 0) is 0 Å². The van der Waals surface area contributed by atoms with Crippen LogP contribution in [0.4, 0.5) is 0 Å². The molecule has 0 fully saturated rings. The van der Waals surface area contributed by atoms with Crippen LogP contribution in [0.2, 0.25) is 0 Å². The zero-order chi connectivity index (χ0) is 12.7. The Morgan fingerprint density at radius 3 is 2.67 bits per heavy atom. The molecule has 0 N–H and O–H groups in total. The first-order chi connectivity index (χ1) is 8.69. The maximum Gasteiger partial charge on any atom is 0.195 e. The molecular formula is C16H12OS. The number of benzene rings is 2. The molecule has 0 saturated heterocycles. The van der Waals surface area contributed by atoms with Crippen molar-refractivity contribution in [2.75, 3.05) is 0 Å². The summed E-state index contributed by atoms with van der Waals surface area (Å²) in [5.41, 5.74) is 2.28. The Kier molecular flexibility index (Phi) is 2.53. The van der Waals surface area contributed by atoms with Crippen molar-refractivity contribution >= 4 is 37.6 Å². The van der Waals surface area contributed by atoms with Crippen LogP contribution < -0.4 is 5.43 Å². The molecule has 88 valence electrons. The zero-order valence-corrected chi connectivity index (χ0v) is 10.9. The van der Waals surface area contributed by atoms with E-state index in [0.717, 1.165) is 25.7 Å². The average Bonchev–Trinajstić information content (AvgIpc) is 2.38. The monoisotopic (exact) mass is 252 g/mol. The molecule has 2 aromatic carbocycles. The van der Waals surface area contributed by atoms with Gasteiger partial charge in [-0.1, -0.05) is 24.8 Å². The normalized spacial score (nSPS) is 10.9. The molecule has 0 amide bonds. The third kappa shape index (κ3) is 1.66. The first-order valence-corrected chi connectivity index (χ1v) is 6.60. The Morgan fingerprint density at radius 1 is 1.06 bits per heavy atom. The summed E-state index contributed by atoms with van der Waals surface area (Å²) in [7, 11) is 0. The van der Waals surface area contributed by atoms with E-state index in [0.29, 0.717) is 0 Å². The summed E-state index contributed by atoms with van der Waals surface area (Å²) in [5.74, 6) is 0. The highest BCUT2D eigenvalue weighted by molar-refractivity contribution is 7.24. The molecule has 0 aliphatic carbocycles. The van der Waals surface area contributed by atoms with Crippen LogP contribution in [0.1, 0.15) is 11.1 Å². The van der Waals surface area contributed by atoms with Crippen LogP contribution in [0.3, 0.4) is 0 Å². The van der Waals surface area contributed by atoms with Crippen molar-refractivity contribution in [2.24, 2.45) is 0 Å². The Labute approximate surface area is 109 Å². The molecule has 0 saturated carbocycles. The topological polar surface area (TPSA) is 17.1 Å². The van der Waals surface area contributed by atoms with Gasteiger partial charge in [0.05, 0.1) is 0 Å². The Morgan fingerprint density at radius 2 is 1.89 bits per heavy atom. The van der Waals surface area contributed by atoms with Gasteiger partial charge in [-0.15, -0.1) is 11.3 Å². The first kappa shape index (κ1) is 11.2. The van der Waals surface area contributed by atoms with E-state index in [4.69, 9.17) is 0 Å². The van der Waals surface area contributed by atoms with Crippen molar-refractivity contribution in [1.82, 2.24) is 0 Å². The molecule has 0 bridgehead atoms. The summed E-state index contributed by atoms with van der Waals surface area (Å²) in [4.78, 5) is 12.4. The molecule has 1 aromatic heterocycles. The predicted octanol–water partition coefficient (Wildman–Crippen LogP) is 4.37. The Balaban J connectivity index is 2.52. The van der Waals surface area contributed by atoms with Crippen LogP contribution in [0.5, 0.6) is 0 Å². The minimum absolute atomic E-state index is 0.113. The van der Waals surface area contributed by atoms with Gasteiger partial charge in [-0.3, -0.25) is 4.79 Å². The number of hydrogen-bond acceptors (Lipinski definition) is 2. The molecule has 2 heteroatoms. The van der Waals surface area contributed by atoms with Gasteiger partial charge in [0.25, 0.3) is 0 Å². The highest BCUT2D eigenvalue weighted by Gasteiger charge is 2.06. The number of fused-ring (bicyclic) bond motifs is 2. The van der Waals surface area contributed by atoms with E-state index in [2.05, 4.69) is 12.6 Å². The molecule has 3 aromatic rings. The van der Waals surface area contributed by atoms with Crippen molar-refractivity contribution in [3.05, 3.63) is 64.3 Å². The van der Waals surface area contributed by atoms with E-state index in [9.17, 15) is 4.79 Å². The highest BCUT2D eigenvalue weighted by Crippen LogP contribution is 2.26. The van der Waals surface area contributed by atoms with Gasteiger partial charge in [0.2, 0.25) is 0 Å². The summed E-state index contributed by atoms with van der Waals surface area (Å²) in [6.45, 7) is 5.79. The Bertz CT molecular complexity index is 827. The van der Waals surface area contributed by atoms with E-state index in [1.54, 1.807) is 17.4 Å². The fourth-order valence-corrected chi connectivity index (χ4v) is 3.26. The van der Waals surface area contributed by atoms with Crippen molar-refractivity contribution in [2.45, 2.75) is 6.92 Å². The Hall–Kier alpha value is -1.93. The lowest BCUT2D eigenvalue weighted by molar-refractivity contribution is 1.51. The number of rotatable bonds is 1. The molecule has 0 spiro atoms. The maximum absolute atomic E-state index is 12.4. The molecular weight excluding hydrogens is 240 g/mol. The van der Waals surface area contributed by atoms with Crippen molar-refractivity contribution in [1.29, 1.82) is 0 Å². The van der Waals surface area contributed by atoms with E-state index >= 15 is 0 Å². The van der Waals surface area contributed by atoms with Crippen molar-refractivity contribution in [3.63, 3.8) is 0 Å². The second-order valence-electron chi connectivity index (χ2n) is 4.39. The molecule has 0 radical (unpaired) electrons. The largest absolute Gasteiger partial charge is 0.289 e. The van der Waals surface area contributed by atoms with E-state index < -0.39 is 0 Å². The van der Waals surface area contributed by atoms with Crippen LogP contribution in [0.25, 0.3) is 26.2 Å². The average molecular weight is 252 g/mol. The SMILES string of the molecule is C=Cc1ccc2sc3cc(C)ccc3c(=O)c2c1. The van der Waals surface area contributed by atoms with Gasteiger partial charge in [-0.05, 0) is 42.3 Å². The molecule has 3 rings (SSSR count). The van der Waals surface area contributed by atoms with Gasteiger partial charge in [0.1, 0.15) is 0 Å². The van der Waals surface area contributed by atoms with Crippen LogP contribution in [0, 0.1) is 6.92 Å². The molecule has 0 unspecified atom stereocenters. The molecule has 0 aliphatic heterocycles. The lowest BCUT2D eigenvalue weighted by atomic mass is 10.1. The van der Waals surface area contributed by atoms with Crippen molar-refractivity contribution in [3.8, 4) is 0 Å². The first-order valence-electron chi connectivity index (χ1n) is 5.79. The van der Waals surface area contributed by atoms with E-state index in [1.807, 2.05) is 37.3 Å². The summed E-state index contributed by atoms with van der Waals surface area (Å²) in [5, 5.41) is 1.59. The molecule has 0 atom stereocenters. The summed E-state index contributed by atoms with van der Waals surface area (Å²) >= 11 is 1.66. The fourth-order valence-electron chi connectivity index (χ4n) is 2.11. The van der Waals surface area contributed by atoms with Crippen molar-refractivity contribution < 1.29 is 0 Å². The summed E-state index contributed by atoms with van der Waals surface area (Å²) in [6.07, 6.45) is 1.77.